The molecule has 7 heteroatoms. The molecule has 1 aromatic rings. The number of hydrogen-bond acceptors (Lipinski definition) is 3. The lowest BCUT2D eigenvalue weighted by Gasteiger charge is -2.16. The maximum atomic E-state index is 12.5. The predicted octanol–water partition coefficient (Wildman–Crippen LogP) is 1.55. The molecular weight excluding hydrogens is 312 g/mol. The molecule has 1 aromatic carbocycles. The first kappa shape index (κ1) is 17.7. The van der Waals surface area contributed by atoms with Gasteiger partial charge < -0.3 is 10.6 Å². The number of benzene rings is 1. The van der Waals surface area contributed by atoms with Gasteiger partial charge in [-0.25, -0.2) is 8.42 Å². The minimum atomic E-state index is -3.33. The van der Waals surface area contributed by atoms with Crippen LogP contribution in [-0.4, -0.2) is 45.4 Å². The van der Waals surface area contributed by atoms with Crippen molar-refractivity contribution in [2.45, 2.75) is 37.6 Å². The fourth-order valence-corrected chi connectivity index (χ4v) is 4.02. The van der Waals surface area contributed by atoms with Crippen LogP contribution in [0.5, 0.6) is 0 Å². The van der Waals surface area contributed by atoms with Crippen molar-refractivity contribution in [3.05, 3.63) is 29.8 Å². The molecule has 1 saturated heterocycles. The molecule has 0 aliphatic carbocycles. The average Bonchev–Trinajstić information content (AvgIpc) is 3.11. The van der Waals surface area contributed by atoms with Crippen molar-refractivity contribution in [3.8, 4) is 0 Å². The standard InChI is InChI=1S/C16H26N4O2S/c1-3-10-18-16(17-2)19-13-14-6-8-15(9-7-14)23(21,22)20-11-4-5-12-20/h6-9H,3-5,10-13H2,1-2H3,(H2,17,18,19). The van der Waals surface area contributed by atoms with Gasteiger partial charge in [0.15, 0.2) is 5.96 Å². The molecule has 0 bridgehead atoms. The average molecular weight is 338 g/mol. The van der Waals surface area contributed by atoms with E-state index in [2.05, 4.69) is 22.5 Å². The van der Waals surface area contributed by atoms with Gasteiger partial charge in [0.05, 0.1) is 4.90 Å². The van der Waals surface area contributed by atoms with E-state index >= 15 is 0 Å². The third-order valence-corrected chi connectivity index (χ3v) is 5.77. The fourth-order valence-electron chi connectivity index (χ4n) is 2.51. The second kappa shape index (κ2) is 8.31. The van der Waals surface area contributed by atoms with E-state index in [0.717, 1.165) is 37.3 Å². The Hall–Kier alpha value is -1.60. The lowest BCUT2D eigenvalue weighted by Crippen LogP contribution is -2.37. The Morgan fingerprint density at radius 3 is 2.39 bits per heavy atom. The van der Waals surface area contributed by atoms with Crippen LogP contribution in [0, 0.1) is 0 Å². The fraction of sp³-hybridized carbons (Fsp3) is 0.562. The Morgan fingerprint density at radius 1 is 1.17 bits per heavy atom. The Morgan fingerprint density at radius 2 is 1.83 bits per heavy atom. The Bertz CT molecular complexity index is 620. The number of guanidine groups is 1. The summed E-state index contributed by atoms with van der Waals surface area (Å²) in [6.45, 7) is 4.83. The first-order chi connectivity index (χ1) is 11.1. The monoisotopic (exact) mass is 338 g/mol. The van der Waals surface area contributed by atoms with E-state index in [9.17, 15) is 8.42 Å². The zero-order valence-corrected chi connectivity index (χ0v) is 14.7. The van der Waals surface area contributed by atoms with Crippen molar-refractivity contribution in [2.24, 2.45) is 4.99 Å². The summed E-state index contributed by atoms with van der Waals surface area (Å²) in [5, 5.41) is 6.41. The van der Waals surface area contributed by atoms with Crippen molar-refractivity contribution in [2.75, 3.05) is 26.7 Å². The molecule has 0 unspecified atom stereocenters. The molecule has 23 heavy (non-hydrogen) atoms. The number of nitrogens with zero attached hydrogens (tertiary/aromatic N) is 2. The summed E-state index contributed by atoms with van der Waals surface area (Å²) in [5.41, 5.74) is 1.02. The topological polar surface area (TPSA) is 73.8 Å². The van der Waals surface area contributed by atoms with Crippen LogP contribution >= 0.6 is 0 Å². The first-order valence-electron chi connectivity index (χ1n) is 8.11. The summed E-state index contributed by atoms with van der Waals surface area (Å²) in [6, 6.07) is 7.08. The number of rotatable bonds is 6. The van der Waals surface area contributed by atoms with E-state index in [-0.39, 0.29) is 0 Å². The molecule has 0 saturated carbocycles. The summed E-state index contributed by atoms with van der Waals surface area (Å²) in [4.78, 5) is 4.51. The maximum absolute atomic E-state index is 12.5. The lowest BCUT2D eigenvalue weighted by atomic mass is 10.2. The van der Waals surface area contributed by atoms with Crippen molar-refractivity contribution >= 4 is 16.0 Å². The molecule has 2 rings (SSSR count). The zero-order chi connectivity index (χ0) is 16.7. The smallest absolute Gasteiger partial charge is 0.243 e. The van der Waals surface area contributed by atoms with Gasteiger partial charge in [-0.3, -0.25) is 4.99 Å². The predicted molar refractivity (Wildman–Crippen MR) is 92.9 cm³/mol. The largest absolute Gasteiger partial charge is 0.356 e. The van der Waals surface area contributed by atoms with Crippen LogP contribution in [0.2, 0.25) is 0 Å². The number of hydrogen-bond donors (Lipinski definition) is 2. The van der Waals surface area contributed by atoms with E-state index in [0.29, 0.717) is 24.5 Å². The summed E-state index contributed by atoms with van der Waals surface area (Å²) >= 11 is 0. The van der Waals surface area contributed by atoms with Crippen molar-refractivity contribution in [1.82, 2.24) is 14.9 Å². The van der Waals surface area contributed by atoms with Crippen LogP contribution in [0.1, 0.15) is 31.7 Å². The molecule has 1 heterocycles. The van der Waals surface area contributed by atoms with Gasteiger partial charge in [0.25, 0.3) is 0 Å². The molecule has 0 radical (unpaired) electrons. The number of sulfonamides is 1. The minimum Gasteiger partial charge on any atom is -0.356 e. The Labute approximate surface area is 139 Å². The van der Waals surface area contributed by atoms with Crippen LogP contribution in [0.4, 0.5) is 0 Å². The lowest BCUT2D eigenvalue weighted by molar-refractivity contribution is 0.477. The molecule has 0 aromatic heterocycles. The quantitative estimate of drug-likeness (QED) is 0.610. The summed E-state index contributed by atoms with van der Waals surface area (Å²) < 4.78 is 26.5. The highest BCUT2D eigenvalue weighted by Crippen LogP contribution is 2.20. The maximum Gasteiger partial charge on any atom is 0.243 e. The number of nitrogens with one attached hydrogen (secondary N) is 2. The van der Waals surface area contributed by atoms with E-state index in [1.807, 2.05) is 12.1 Å². The van der Waals surface area contributed by atoms with Crippen LogP contribution in [-0.2, 0) is 16.6 Å². The van der Waals surface area contributed by atoms with Gasteiger partial charge in [-0.05, 0) is 37.0 Å². The molecule has 2 N–H and O–H groups in total. The van der Waals surface area contributed by atoms with Gasteiger partial charge in [0.1, 0.15) is 0 Å². The van der Waals surface area contributed by atoms with Crippen LogP contribution in [0.3, 0.4) is 0 Å². The van der Waals surface area contributed by atoms with Gasteiger partial charge in [0, 0.05) is 33.2 Å². The Kier molecular flexibility index (Phi) is 6.41. The molecule has 1 aliphatic heterocycles. The molecule has 0 atom stereocenters. The normalized spacial score (nSPS) is 16.5. The van der Waals surface area contributed by atoms with E-state index in [4.69, 9.17) is 0 Å². The van der Waals surface area contributed by atoms with Gasteiger partial charge >= 0.3 is 0 Å². The second-order valence-electron chi connectivity index (χ2n) is 5.61. The second-order valence-corrected chi connectivity index (χ2v) is 7.55. The summed E-state index contributed by atoms with van der Waals surface area (Å²) in [5.74, 6) is 0.751. The molecule has 1 fully saturated rings. The summed E-state index contributed by atoms with van der Waals surface area (Å²) in [7, 11) is -1.59. The van der Waals surface area contributed by atoms with E-state index in [1.165, 1.54) is 0 Å². The van der Waals surface area contributed by atoms with Crippen molar-refractivity contribution in [1.29, 1.82) is 0 Å². The molecular formula is C16H26N4O2S. The first-order valence-corrected chi connectivity index (χ1v) is 9.55. The van der Waals surface area contributed by atoms with Gasteiger partial charge in [0.2, 0.25) is 10.0 Å². The molecule has 128 valence electrons. The third-order valence-electron chi connectivity index (χ3n) is 3.85. The molecule has 0 spiro atoms. The van der Waals surface area contributed by atoms with Gasteiger partial charge in [-0.2, -0.15) is 4.31 Å². The SMILES string of the molecule is CCCNC(=NC)NCc1ccc(S(=O)(=O)N2CCCC2)cc1. The van der Waals surface area contributed by atoms with Crippen LogP contribution < -0.4 is 10.6 Å². The van der Waals surface area contributed by atoms with Gasteiger partial charge in [-0.15, -0.1) is 0 Å². The van der Waals surface area contributed by atoms with Crippen LogP contribution in [0.15, 0.2) is 34.2 Å². The summed E-state index contributed by atoms with van der Waals surface area (Å²) in [6.07, 6.45) is 2.93. The number of aliphatic imine (C=N–C) groups is 1. The van der Waals surface area contributed by atoms with Crippen molar-refractivity contribution < 1.29 is 8.42 Å². The highest BCUT2D eigenvalue weighted by atomic mass is 32.2. The third kappa shape index (κ3) is 4.68. The molecule has 6 nitrogen and oxygen atoms in total. The van der Waals surface area contributed by atoms with E-state index < -0.39 is 10.0 Å². The molecule has 0 amide bonds. The van der Waals surface area contributed by atoms with Gasteiger partial charge in [-0.1, -0.05) is 19.1 Å². The Balaban J connectivity index is 1.96. The highest BCUT2D eigenvalue weighted by molar-refractivity contribution is 7.89. The highest BCUT2D eigenvalue weighted by Gasteiger charge is 2.26. The van der Waals surface area contributed by atoms with E-state index in [1.54, 1.807) is 23.5 Å². The van der Waals surface area contributed by atoms with Crippen molar-refractivity contribution in [3.63, 3.8) is 0 Å². The molecule has 1 aliphatic rings. The zero-order valence-electron chi connectivity index (χ0n) is 13.9. The van der Waals surface area contributed by atoms with Crippen LogP contribution in [0.25, 0.3) is 0 Å². The minimum absolute atomic E-state index is 0.372.